The minimum absolute atomic E-state index is 0.140. The molecule has 3 rings (SSSR count). The molecule has 2 N–H and O–H groups in total. The lowest BCUT2D eigenvalue weighted by Gasteiger charge is -2.08. The molecule has 1 aliphatic heterocycles. The van der Waals surface area contributed by atoms with E-state index in [0.717, 1.165) is 24.2 Å². The molecular weight excluding hydrogens is 284 g/mol. The predicted octanol–water partition coefficient (Wildman–Crippen LogP) is 3.18. The van der Waals surface area contributed by atoms with E-state index < -0.39 is 0 Å². The third-order valence-electron chi connectivity index (χ3n) is 3.72. The molecule has 2 aromatic carbocycles. The first-order valence-electron chi connectivity index (χ1n) is 6.99. The molecule has 0 unspecified atom stereocenters. The van der Waals surface area contributed by atoms with Crippen molar-refractivity contribution in [1.82, 2.24) is 10.6 Å². The summed E-state index contributed by atoms with van der Waals surface area (Å²) in [4.78, 5) is 12.2. The third kappa shape index (κ3) is 3.09. The number of carbonyl (C=O) groups excluding carboxylic acids is 1. The molecule has 1 aliphatic rings. The maximum absolute atomic E-state index is 12.2. The van der Waals surface area contributed by atoms with Crippen molar-refractivity contribution in [3.05, 3.63) is 69.2 Å². The molecule has 1 amide bonds. The van der Waals surface area contributed by atoms with Crippen molar-refractivity contribution in [2.45, 2.75) is 26.6 Å². The molecule has 0 atom stereocenters. The molecule has 0 saturated carbocycles. The second kappa shape index (κ2) is 5.88. The van der Waals surface area contributed by atoms with E-state index in [1.165, 1.54) is 11.1 Å². The topological polar surface area (TPSA) is 41.1 Å². The molecular formula is C17H17ClN2O. The fourth-order valence-electron chi connectivity index (χ4n) is 2.54. The Balaban J connectivity index is 1.68. The fraction of sp³-hybridized carbons (Fsp3) is 0.235. The van der Waals surface area contributed by atoms with Crippen LogP contribution in [0.1, 0.15) is 32.6 Å². The molecule has 1 heterocycles. The lowest BCUT2D eigenvalue weighted by Crippen LogP contribution is -2.23. The SMILES string of the molecule is Cc1ccc(C(=O)NCc2ccc3c(c2)CNC3)c(Cl)c1. The van der Waals surface area contributed by atoms with Crippen molar-refractivity contribution in [3.8, 4) is 0 Å². The van der Waals surface area contributed by atoms with Crippen LogP contribution in [0.4, 0.5) is 0 Å². The zero-order chi connectivity index (χ0) is 14.8. The Kier molecular flexibility index (Phi) is 3.95. The van der Waals surface area contributed by atoms with Gasteiger partial charge < -0.3 is 10.6 Å². The monoisotopic (exact) mass is 300 g/mol. The van der Waals surface area contributed by atoms with Gasteiger partial charge in [-0.05, 0) is 41.3 Å². The Morgan fingerprint density at radius 2 is 2.00 bits per heavy atom. The first-order valence-corrected chi connectivity index (χ1v) is 7.37. The third-order valence-corrected chi connectivity index (χ3v) is 4.04. The second-order valence-corrected chi connectivity index (χ2v) is 5.78. The number of carbonyl (C=O) groups is 1. The van der Waals surface area contributed by atoms with Crippen LogP contribution in [0, 0.1) is 6.92 Å². The summed E-state index contributed by atoms with van der Waals surface area (Å²) in [5.74, 6) is -0.140. The summed E-state index contributed by atoms with van der Waals surface area (Å²) in [7, 11) is 0. The van der Waals surface area contributed by atoms with Crippen molar-refractivity contribution < 1.29 is 4.79 Å². The van der Waals surface area contributed by atoms with Crippen LogP contribution in [0.15, 0.2) is 36.4 Å². The Morgan fingerprint density at radius 1 is 1.19 bits per heavy atom. The van der Waals surface area contributed by atoms with Gasteiger partial charge in [0.2, 0.25) is 0 Å². The van der Waals surface area contributed by atoms with Crippen molar-refractivity contribution >= 4 is 17.5 Å². The number of benzene rings is 2. The molecule has 2 aromatic rings. The van der Waals surface area contributed by atoms with E-state index >= 15 is 0 Å². The van der Waals surface area contributed by atoms with E-state index in [1.807, 2.05) is 13.0 Å². The molecule has 4 heteroatoms. The number of amides is 1. The van der Waals surface area contributed by atoms with Crippen molar-refractivity contribution in [3.63, 3.8) is 0 Å². The quantitative estimate of drug-likeness (QED) is 0.914. The lowest BCUT2D eigenvalue weighted by atomic mass is 10.1. The van der Waals surface area contributed by atoms with Gasteiger partial charge in [-0.25, -0.2) is 0 Å². The summed E-state index contributed by atoms with van der Waals surface area (Å²) in [6, 6.07) is 11.8. The summed E-state index contributed by atoms with van der Waals surface area (Å²) in [6.07, 6.45) is 0. The van der Waals surface area contributed by atoms with Crippen LogP contribution in [-0.4, -0.2) is 5.91 Å². The van der Waals surface area contributed by atoms with Gasteiger partial charge >= 0.3 is 0 Å². The van der Waals surface area contributed by atoms with E-state index in [9.17, 15) is 4.79 Å². The first kappa shape index (κ1) is 14.1. The first-order chi connectivity index (χ1) is 10.1. The number of hydrogen-bond donors (Lipinski definition) is 2. The van der Waals surface area contributed by atoms with Crippen molar-refractivity contribution in [1.29, 1.82) is 0 Å². The van der Waals surface area contributed by atoms with Gasteiger partial charge in [-0.3, -0.25) is 4.79 Å². The Morgan fingerprint density at radius 3 is 2.81 bits per heavy atom. The largest absolute Gasteiger partial charge is 0.348 e. The summed E-state index contributed by atoms with van der Waals surface area (Å²) < 4.78 is 0. The Labute approximate surface area is 129 Å². The van der Waals surface area contributed by atoms with Crippen LogP contribution in [0.2, 0.25) is 5.02 Å². The molecule has 108 valence electrons. The standard InChI is InChI=1S/C17H17ClN2O/c1-11-2-5-15(16(18)6-11)17(21)20-8-12-3-4-13-9-19-10-14(13)7-12/h2-7,19H,8-10H2,1H3,(H,20,21). The average molecular weight is 301 g/mol. The van der Waals surface area contributed by atoms with E-state index in [4.69, 9.17) is 11.6 Å². The number of nitrogens with one attached hydrogen (secondary N) is 2. The zero-order valence-corrected chi connectivity index (χ0v) is 12.6. The van der Waals surface area contributed by atoms with Gasteiger partial charge in [-0.15, -0.1) is 0 Å². The molecule has 0 aliphatic carbocycles. The van der Waals surface area contributed by atoms with E-state index in [1.54, 1.807) is 12.1 Å². The lowest BCUT2D eigenvalue weighted by molar-refractivity contribution is 0.0951. The molecule has 0 bridgehead atoms. The highest BCUT2D eigenvalue weighted by atomic mass is 35.5. The molecule has 0 radical (unpaired) electrons. The second-order valence-electron chi connectivity index (χ2n) is 5.37. The van der Waals surface area contributed by atoms with Gasteiger partial charge in [-0.2, -0.15) is 0 Å². The Bertz CT molecular complexity index is 697. The van der Waals surface area contributed by atoms with Crippen LogP contribution in [-0.2, 0) is 19.6 Å². The van der Waals surface area contributed by atoms with E-state index in [2.05, 4.69) is 28.8 Å². The predicted molar refractivity (Wildman–Crippen MR) is 84.3 cm³/mol. The number of hydrogen-bond acceptors (Lipinski definition) is 2. The Hall–Kier alpha value is -1.84. The summed E-state index contributed by atoms with van der Waals surface area (Å²) in [5, 5.41) is 6.73. The van der Waals surface area contributed by atoms with Crippen LogP contribution in [0.25, 0.3) is 0 Å². The molecule has 0 fully saturated rings. The summed E-state index contributed by atoms with van der Waals surface area (Å²) in [6.45, 7) is 4.30. The van der Waals surface area contributed by atoms with Gasteiger partial charge in [0, 0.05) is 19.6 Å². The van der Waals surface area contributed by atoms with Crippen molar-refractivity contribution in [2.24, 2.45) is 0 Å². The highest BCUT2D eigenvalue weighted by molar-refractivity contribution is 6.33. The van der Waals surface area contributed by atoms with Gasteiger partial charge in [-0.1, -0.05) is 35.9 Å². The maximum Gasteiger partial charge on any atom is 0.253 e. The normalized spacial score (nSPS) is 13.0. The zero-order valence-electron chi connectivity index (χ0n) is 11.9. The average Bonchev–Trinajstić information content (AvgIpc) is 2.92. The smallest absolute Gasteiger partial charge is 0.253 e. The van der Waals surface area contributed by atoms with Crippen LogP contribution in [0.5, 0.6) is 0 Å². The van der Waals surface area contributed by atoms with Gasteiger partial charge in [0.15, 0.2) is 0 Å². The van der Waals surface area contributed by atoms with Crippen LogP contribution < -0.4 is 10.6 Å². The minimum Gasteiger partial charge on any atom is -0.348 e. The van der Waals surface area contributed by atoms with E-state index in [0.29, 0.717) is 17.1 Å². The van der Waals surface area contributed by atoms with Gasteiger partial charge in [0.05, 0.1) is 10.6 Å². The number of fused-ring (bicyclic) bond motifs is 1. The van der Waals surface area contributed by atoms with Crippen LogP contribution in [0.3, 0.4) is 0 Å². The number of rotatable bonds is 3. The van der Waals surface area contributed by atoms with E-state index in [-0.39, 0.29) is 5.91 Å². The van der Waals surface area contributed by atoms with Gasteiger partial charge in [0.1, 0.15) is 0 Å². The molecule has 0 spiro atoms. The molecule has 21 heavy (non-hydrogen) atoms. The minimum atomic E-state index is -0.140. The summed E-state index contributed by atoms with van der Waals surface area (Å²) >= 11 is 6.11. The number of aryl methyl sites for hydroxylation is 1. The van der Waals surface area contributed by atoms with Gasteiger partial charge in [0.25, 0.3) is 5.91 Å². The highest BCUT2D eigenvalue weighted by Gasteiger charge is 2.12. The van der Waals surface area contributed by atoms with Crippen molar-refractivity contribution in [2.75, 3.05) is 0 Å². The van der Waals surface area contributed by atoms with Crippen LogP contribution >= 0.6 is 11.6 Å². The molecule has 0 saturated heterocycles. The maximum atomic E-state index is 12.2. The fourth-order valence-corrected chi connectivity index (χ4v) is 2.86. The number of halogens is 1. The molecule has 0 aromatic heterocycles. The highest BCUT2D eigenvalue weighted by Crippen LogP contribution is 2.19. The summed E-state index contributed by atoms with van der Waals surface area (Å²) in [5.41, 5.74) is 5.32. The molecule has 3 nitrogen and oxygen atoms in total.